The molecule has 0 radical (unpaired) electrons. The van der Waals surface area contributed by atoms with E-state index in [1.54, 1.807) is 23.5 Å². The third kappa shape index (κ3) is 3.10. The van der Waals surface area contributed by atoms with Crippen molar-refractivity contribution < 1.29 is 9.32 Å². The summed E-state index contributed by atoms with van der Waals surface area (Å²) >= 11 is 0. The minimum atomic E-state index is -0.119. The molecule has 1 aliphatic heterocycles. The summed E-state index contributed by atoms with van der Waals surface area (Å²) in [5.74, 6) is 0.990. The van der Waals surface area contributed by atoms with E-state index in [0.717, 1.165) is 17.7 Å². The molecule has 126 valence electrons. The van der Waals surface area contributed by atoms with Gasteiger partial charge in [-0.25, -0.2) is 4.98 Å². The second-order valence-corrected chi connectivity index (χ2v) is 5.98. The molecule has 0 aliphatic carbocycles. The highest BCUT2D eigenvalue weighted by Gasteiger charge is 2.31. The molecule has 1 amide bonds. The van der Waals surface area contributed by atoms with E-state index in [1.807, 2.05) is 19.1 Å². The van der Waals surface area contributed by atoms with Crippen LogP contribution in [0.1, 0.15) is 34.3 Å². The quantitative estimate of drug-likeness (QED) is 0.720. The summed E-state index contributed by atoms with van der Waals surface area (Å²) in [7, 11) is 0. The Morgan fingerprint density at radius 3 is 2.96 bits per heavy atom. The third-order valence-corrected chi connectivity index (χ3v) is 4.19. The van der Waals surface area contributed by atoms with Crippen molar-refractivity contribution in [2.24, 2.45) is 0 Å². The highest BCUT2D eigenvalue weighted by Crippen LogP contribution is 2.27. The van der Waals surface area contributed by atoms with Crippen molar-refractivity contribution in [3.63, 3.8) is 0 Å². The number of aryl methyl sites for hydroxylation is 1. The molecular weight excluding hydrogens is 320 g/mol. The third-order valence-electron chi connectivity index (χ3n) is 4.19. The summed E-state index contributed by atoms with van der Waals surface area (Å²) in [4.78, 5) is 31.1. The zero-order valence-corrected chi connectivity index (χ0v) is 13.7. The molecule has 3 aromatic heterocycles. The van der Waals surface area contributed by atoms with Gasteiger partial charge in [-0.3, -0.25) is 14.8 Å². The van der Waals surface area contributed by atoms with Crippen molar-refractivity contribution in [2.75, 3.05) is 13.1 Å². The maximum Gasteiger partial charge on any atom is 0.274 e. The van der Waals surface area contributed by atoms with Gasteiger partial charge in [-0.15, -0.1) is 0 Å². The Balaban J connectivity index is 1.47. The number of aromatic nitrogens is 5. The van der Waals surface area contributed by atoms with Crippen LogP contribution in [0.5, 0.6) is 0 Å². The Morgan fingerprint density at radius 2 is 2.20 bits per heavy atom. The Morgan fingerprint density at radius 1 is 1.28 bits per heavy atom. The standard InChI is InChI=1S/C17H16N6O2/c1-11-7-20-14(9-19-11)17(24)23-6-4-13(10-23)15-21-16(25-22-15)12-3-2-5-18-8-12/h2-3,5,7-9,13H,4,6,10H2,1H3. The van der Waals surface area contributed by atoms with Crippen LogP contribution in [0, 0.1) is 6.92 Å². The summed E-state index contributed by atoms with van der Waals surface area (Å²) in [6, 6.07) is 3.68. The summed E-state index contributed by atoms with van der Waals surface area (Å²) < 4.78 is 5.33. The van der Waals surface area contributed by atoms with E-state index in [1.165, 1.54) is 6.20 Å². The molecule has 8 nitrogen and oxygen atoms in total. The molecule has 25 heavy (non-hydrogen) atoms. The lowest BCUT2D eigenvalue weighted by molar-refractivity contribution is 0.0784. The van der Waals surface area contributed by atoms with Gasteiger partial charge in [0.1, 0.15) is 5.69 Å². The molecule has 0 spiro atoms. The number of rotatable bonds is 3. The molecule has 1 unspecified atom stereocenters. The average Bonchev–Trinajstić information content (AvgIpc) is 3.32. The van der Waals surface area contributed by atoms with Crippen LogP contribution in [-0.4, -0.2) is 49.0 Å². The first kappa shape index (κ1) is 15.4. The number of amides is 1. The molecule has 0 N–H and O–H groups in total. The Bertz CT molecular complexity index is 878. The minimum Gasteiger partial charge on any atom is -0.337 e. The van der Waals surface area contributed by atoms with Crippen molar-refractivity contribution in [1.29, 1.82) is 0 Å². The lowest BCUT2D eigenvalue weighted by Gasteiger charge is -2.14. The van der Waals surface area contributed by atoms with E-state index in [9.17, 15) is 4.79 Å². The van der Waals surface area contributed by atoms with E-state index in [2.05, 4.69) is 25.1 Å². The maximum absolute atomic E-state index is 12.5. The summed E-state index contributed by atoms with van der Waals surface area (Å²) in [5, 5.41) is 4.07. The van der Waals surface area contributed by atoms with Gasteiger partial charge in [0.2, 0.25) is 0 Å². The topological polar surface area (TPSA) is 97.9 Å². The van der Waals surface area contributed by atoms with Gasteiger partial charge in [0, 0.05) is 37.6 Å². The lowest BCUT2D eigenvalue weighted by Crippen LogP contribution is -2.29. The van der Waals surface area contributed by atoms with Crippen LogP contribution in [0.25, 0.3) is 11.5 Å². The molecule has 3 aromatic rings. The molecule has 1 fully saturated rings. The maximum atomic E-state index is 12.5. The van der Waals surface area contributed by atoms with Crippen molar-refractivity contribution in [2.45, 2.75) is 19.3 Å². The Hall–Kier alpha value is -3.16. The SMILES string of the molecule is Cc1cnc(C(=O)N2CCC(c3noc(-c4cccnc4)n3)C2)cn1. The fraction of sp³-hybridized carbons (Fsp3) is 0.294. The van der Waals surface area contributed by atoms with Gasteiger partial charge in [0.15, 0.2) is 5.82 Å². The molecule has 0 bridgehead atoms. The van der Waals surface area contributed by atoms with Gasteiger partial charge in [-0.1, -0.05) is 5.16 Å². The first-order chi connectivity index (χ1) is 12.2. The first-order valence-corrected chi connectivity index (χ1v) is 8.02. The van der Waals surface area contributed by atoms with Crippen molar-refractivity contribution in [1.82, 2.24) is 30.0 Å². The predicted molar refractivity (Wildman–Crippen MR) is 87.6 cm³/mol. The van der Waals surface area contributed by atoms with E-state index < -0.39 is 0 Å². The van der Waals surface area contributed by atoms with Crippen LogP contribution < -0.4 is 0 Å². The molecule has 1 atom stereocenters. The van der Waals surface area contributed by atoms with Crippen molar-refractivity contribution in [3.05, 3.63) is 54.1 Å². The van der Waals surface area contributed by atoms with Crippen LogP contribution in [0.15, 0.2) is 41.4 Å². The van der Waals surface area contributed by atoms with Gasteiger partial charge >= 0.3 is 0 Å². The second-order valence-electron chi connectivity index (χ2n) is 5.98. The second kappa shape index (κ2) is 6.39. The fourth-order valence-electron chi connectivity index (χ4n) is 2.83. The predicted octanol–water partition coefficient (Wildman–Crippen LogP) is 1.86. The number of likely N-dealkylation sites (tertiary alicyclic amines) is 1. The number of hydrogen-bond acceptors (Lipinski definition) is 7. The van der Waals surface area contributed by atoms with E-state index in [-0.39, 0.29) is 11.8 Å². The summed E-state index contributed by atoms with van der Waals surface area (Å²) in [6.45, 7) is 3.01. The summed E-state index contributed by atoms with van der Waals surface area (Å²) in [5.41, 5.74) is 1.92. The zero-order valence-electron chi connectivity index (χ0n) is 13.7. The number of hydrogen-bond donors (Lipinski definition) is 0. The molecule has 8 heteroatoms. The highest BCUT2D eigenvalue weighted by molar-refractivity contribution is 5.92. The van der Waals surface area contributed by atoms with Gasteiger partial charge in [-0.2, -0.15) is 4.98 Å². The van der Waals surface area contributed by atoms with Crippen LogP contribution in [0.4, 0.5) is 0 Å². The zero-order chi connectivity index (χ0) is 17.2. The van der Waals surface area contributed by atoms with E-state index in [4.69, 9.17) is 4.52 Å². The van der Waals surface area contributed by atoms with Crippen LogP contribution in [-0.2, 0) is 0 Å². The highest BCUT2D eigenvalue weighted by atomic mass is 16.5. The largest absolute Gasteiger partial charge is 0.337 e. The van der Waals surface area contributed by atoms with Gasteiger partial charge in [-0.05, 0) is 25.5 Å². The van der Waals surface area contributed by atoms with E-state index >= 15 is 0 Å². The van der Waals surface area contributed by atoms with Crippen molar-refractivity contribution in [3.8, 4) is 11.5 Å². The van der Waals surface area contributed by atoms with Crippen LogP contribution in [0.2, 0.25) is 0 Å². The van der Waals surface area contributed by atoms with Crippen LogP contribution >= 0.6 is 0 Å². The molecule has 1 aliphatic rings. The molecule has 1 saturated heterocycles. The average molecular weight is 336 g/mol. The number of carbonyl (C=O) groups excluding carboxylic acids is 1. The normalized spacial score (nSPS) is 17.0. The molecular formula is C17H16N6O2. The number of nitrogens with zero attached hydrogens (tertiary/aromatic N) is 6. The molecule has 4 rings (SSSR count). The van der Waals surface area contributed by atoms with Crippen LogP contribution in [0.3, 0.4) is 0 Å². The molecule has 0 aromatic carbocycles. The first-order valence-electron chi connectivity index (χ1n) is 8.02. The van der Waals surface area contributed by atoms with E-state index in [0.29, 0.717) is 30.5 Å². The monoisotopic (exact) mass is 336 g/mol. The lowest BCUT2D eigenvalue weighted by atomic mass is 10.1. The van der Waals surface area contributed by atoms with Gasteiger partial charge < -0.3 is 9.42 Å². The smallest absolute Gasteiger partial charge is 0.274 e. The fourth-order valence-corrected chi connectivity index (χ4v) is 2.83. The minimum absolute atomic E-state index is 0.0523. The Kier molecular flexibility index (Phi) is 3.93. The summed E-state index contributed by atoms with van der Waals surface area (Å²) in [6.07, 6.45) is 7.27. The van der Waals surface area contributed by atoms with Crippen molar-refractivity contribution >= 4 is 5.91 Å². The van der Waals surface area contributed by atoms with Gasteiger partial charge in [0.05, 0.1) is 17.5 Å². The number of carbonyl (C=O) groups is 1. The molecule has 4 heterocycles. The van der Waals surface area contributed by atoms with Gasteiger partial charge in [0.25, 0.3) is 11.8 Å². The Labute approximate surface area is 143 Å². The molecule has 0 saturated carbocycles. The number of pyridine rings is 1.